The number of nitrogens with one attached hydrogen (secondary N) is 1. The van der Waals surface area contributed by atoms with Gasteiger partial charge in [-0.1, -0.05) is 60.6 Å². The predicted molar refractivity (Wildman–Crippen MR) is 118 cm³/mol. The highest BCUT2D eigenvalue weighted by molar-refractivity contribution is 6.31. The van der Waals surface area contributed by atoms with Crippen molar-refractivity contribution in [3.05, 3.63) is 118 Å². The van der Waals surface area contributed by atoms with Gasteiger partial charge in [0.25, 0.3) is 11.8 Å². The van der Waals surface area contributed by atoms with Gasteiger partial charge in [0.1, 0.15) is 11.6 Å². The Morgan fingerprint density at radius 1 is 0.935 bits per heavy atom. The van der Waals surface area contributed by atoms with Crippen molar-refractivity contribution in [1.82, 2.24) is 5.32 Å². The summed E-state index contributed by atoms with van der Waals surface area (Å²) in [5, 5.41) is 2.73. The Bertz CT molecular complexity index is 1160. The van der Waals surface area contributed by atoms with Gasteiger partial charge in [0.05, 0.1) is 5.57 Å². The summed E-state index contributed by atoms with van der Waals surface area (Å²) in [7, 11) is 0. The Kier molecular flexibility index (Phi) is 7.11. The van der Waals surface area contributed by atoms with E-state index in [2.05, 4.69) is 11.9 Å². The SMILES string of the molecule is C=C(Cc1ccccc1)C(=O)NC(=O)/C(=C/c1ccc(Cl)cc1)c1ccc(F)cc1F. The fourth-order valence-corrected chi connectivity index (χ4v) is 3.01. The molecule has 3 aromatic rings. The van der Waals surface area contributed by atoms with Crippen LogP contribution in [0.1, 0.15) is 16.7 Å². The molecule has 0 fully saturated rings. The number of carbonyl (C=O) groups is 2. The molecule has 2 amide bonds. The van der Waals surface area contributed by atoms with Crippen LogP contribution in [0.5, 0.6) is 0 Å². The molecule has 0 saturated heterocycles. The molecule has 3 aromatic carbocycles. The van der Waals surface area contributed by atoms with Gasteiger partial charge in [-0.15, -0.1) is 0 Å². The summed E-state index contributed by atoms with van der Waals surface area (Å²) >= 11 is 5.88. The minimum atomic E-state index is -0.925. The number of benzene rings is 3. The van der Waals surface area contributed by atoms with Crippen LogP contribution in [0.25, 0.3) is 11.6 Å². The first-order valence-corrected chi connectivity index (χ1v) is 9.71. The monoisotopic (exact) mass is 437 g/mol. The normalized spacial score (nSPS) is 11.1. The number of halogens is 3. The Labute approximate surface area is 183 Å². The molecule has 3 rings (SSSR count). The van der Waals surface area contributed by atoms with Crippen molar-refractivity contribution in [2.75, 3.05) is 0 Å². The third kappa shape index (κ3) is 5.96. The maximum absolute atomic E-state index is 14.4. The molecule has 0 aromatic heterocycles. The van der Waals surface area contributed by atoms with Gasteiger partial charge in [0.15, 0.2) is 0 Å². The highest BCUT2D eigenvalue weighted by Crippen LogP contribution is 2.23. The van der Waals surface area contributed by atoms with Crippen molar-refractivity contribution < 1.29 is 18.4 Å². The number of imide groups is 1. The predicted octanol–water partition coefficient (Wildman–Crippen LogP) is 5.60. The van der Waals surface area contributed by atoms with E-state index in [4.69, 9.17) is 11.6 Å². The third-order valence-corrected chi connectivity index (χ3v) is 4.71. The van der Waals surface area contributed by atoms with Crippen LogP contribution in [0.4, 0.5) is 8.78 Å². The maximum atomic E-state index is 14.4. The minimum absolute atomic E-state index is 0.138. The molecule has 6 heteroatoms. The first-order chi connectivity index (χ1) is 14.8. The molecule has 0 radical (unpaired) electrons. The van der Waals surface area contributed by atoms with Gasteiger partial charge in [0.2, 0.25) is 0 Å². The van der Waals surface area contributed by atoms with E-state index < -0.39 is 23.4 Å². The topological polar surface area (TPSA) is 46.2 Å². The van der Waals surface area contributed by atoms with Crippen molar-refractivity contribution in [2.24, 2.45) is 0 Å². The largest absolute Gasteiger partial charge is 0.288 e. The summed E-state index contributed by atoms with van der Waals surface area (Å²) in [6.07, 6.45) is 1.65. The highest BCUT2D eigenvalue weighted by atomic mass is 35.5. The average molecular weight is 438 g/mol. The summed E-state index contributed by atoms with van der Waals surface area (Å²) in [5.41, 5.74) is 1.30. The molecule has 0 unspecified atom stereocenters. The van der Waals surface area contributed by atoms with E-state index in [-0.39, 0.29) is 23.1 Å². The second-order valence-electron chi connectivity index (χ2n) is 6.78. The van der Waals surface area contributed by atoms with Crippen molar-refractivity contribution in [1.29, 1.82) is 0 Å². The van der Waals surface area contributed by atoms with E-state index in [0.29, 0.717) is 16.7 Å². The fourth-order valence-electron chi connectivity index (χ4n) is 2.88. The summed E-state index contributed by atoms with van der Waals surface area (Å²) in [5.74, 6) is -3.22. The zero-order chi connectivity index (χ0) is 22.4. The lowest BCUT2D eigenvalue weighted by Gasteiger charge is -2.11. The molecule has 156 valence electrons. The number of hydrogen-bond donors (Lipinski definition) is 1. The van der Waals surface area contributed by atoms with Gasteiger partial charge in [-0.05, 0) is 41.5 Å². The molecule has 0 saturated carbocycles. The Balaban J connectivity index is 1.87. The number of rotatable bonds is 6. The van der Waals surface area contributed by atoms with Gasteiger partial charge in [-0.3, -0.25) is 14.9 Å². The van der Waals surface area contributed by atoms with Crippen LogP contribution in [0.15, 0.2) is 84.9 Å². The van der Waals surface area contributed by atoms with E-state index in [0.717, 1.165) is 17.7 Å². The Morgan fingerprint density at radius 3 is 2.26 bits per heavy atom. The molecule has 0 atom stereocenters. The molecule has 0 aliphatic heterocycles. The second kappa shape index (κ2) is 9.96. The third-order valence-electron chi connectivity index (χ3n) is 4.46. The molecule has 3 nitrogen and oxygen atoms in total. The summed E-state index contributed by atoms with van der Waals surface area (Å²) in [6, 6.07) is 18.5. The van der Waals surface area contributed by atoms with Gasteiger partial charge in [-0.25, -0.2) is 8.78 Å². The highest BCUT2D eigenvalue weighted by Gasteiger charge is 2.20. The molecule has 0 heterocycles. The quantitative estimate of drug-likeness (QED) is 0.403. The van der Waals surface area contributed by atoms with E-state index in [1.807, 2.05) is 30.3 Å². The Morgan fingerprint density at radius 2 is 1.61 bits per heavy atom. The molecule has 0 spiro atoms. The summed E-state index contributed by atoms with van der Waals surface area (Å²) < 4.78 is 27.8. The standard InChI is InChI=1S/C25H18ClF2NO2/c1-16(13-17-5-3-2-4-6-17)24(30)29-25(31)22(14-18-7-9-19(26)10-8-18)21-12-11-20(27)15-23(21)28/h2-12,14-15H,1,13H2,(H,29,30,31)/b22-14+. The summed E-state index contributed by atoms with van der Waals surface area (Å²) in [6.45, 7) is 3.74. The number of amides is 2. The van der Waals surface area contributed by atoms with E-state index >= 15 is 0 Å². The molecular formula is C25H18ClF2NO2. The lowest BCUT2D eigenvalue weighted by atomic mass is 10.0. The smallest absolute Gasteiger partial charge is 0.258 e. The second-order valence-corrected chi connectivity index (χ2v) is 7.22. The first-order valence-electron chi connectivity index (χ1n) is 9.33. The van der Waals surface area contributed by atoms with E-state index in [1.54, 1.807) is 24.3 Å². The van der Waals surface area contributed by atoms with E-state index in [9.17, 15) is 18.4 Å². The maximum Gasteiger partial charge on any atom is 0.258 e. The van der Waals surface area contributed by atoms with E-state index in [1.165, 1.54) is 6.08 Å². The molecule has 0 bridgehead atoms. The van der Waals surface area contributed by atoms with Crippen LogP contribution in [0, 0.1) is 11.6 Å². The van der Waals surface area contributed by atoms with Gasteiger partial charge in [0, 0.05) is 28.6 Å². The van der Waals surface area contributed by atoms with Crippen LogP contribution in [-0.2, 0) is 16.0 Å². The first kappa shape index (κ1) is 22.1. The molecule has 31 heavy (non-hydrogen) atoms. The van der Waals surface area contributed by atoms with Crippen LogP contribution in [-0.4, -0.2) is 11.8 Å². The number of hydrogen-bond acceptors (Lipinski definition) is 2. The van der Waals surface area contributed by atoms with Crippen molar-refractivity contribution in [3.63, 3.8) is 0 Å². The minimum Gasteiger partial charge on any atom is -0.288 e. The molecule has 0 aliphatic carbocycles. The zero-order valence-electron chi connectivity index (χ0n) is 16.4. The van der Waals surface area contributed by atoms with Crippen LogP contribution < -0.4 is 5.32 Å². The molecular weight excluding hydrogens is 420 g/mol. The van der Waals surface area contributed by atoms with Crippen LogP contribution in [0.3, 0.4) is 0 Å². The van der Waals surface area contributed by atoms with Gasteiger partial charge in [-0.2, -0.15) is 0 Å². The zero-order valence-corrected chi connectivity index (χ0v) is 17.1. The lowest BCUT2D eigenvalue weighted by molar-refractivity contribution is -0.125. The molecule has 0 aliphatic rings. The molecule has 1 N–H and O–H groups in total. The van der Waals surface area contributed by atoms with Gasteiger partial charge >= 0.3 is 0 Å². The average Bonchev–Trinajstić information content (AvgIpc) is 2.74. The van der Waals surface area contributed by atoms with Crippen LogP contribution in [0.2, 0.25) is 5.02 Å². The van der Waals surface area contributed by atoms with Crippen molar-refractivity contribution >= 4 is 35.1 Å². The lowest BCUT2D eigenvalue weighted by Crippen LogP contribution is -2.32. The Hall–Kier alpha value is -3.57. The number of carbonyl (C=O) groups excluding carboxylic acids is 2. The van der Waals surface area contributed by atoms with Crippen molar-refractivity contribution in [3.8, 4) is 0 Å². The summed E-state index contributed by atoms with van der Waals surface area (Å²) in [4.78, 5) is 25.4. The van der Waals surface area contributed by atoms with Crippen LogP contribution >= 0.6 is 11.6 Å². The van der Waals surface area contributed by atoms with Gasteiger partial charge < -0.3 is 0 Å². The van der Waals surface area contributed by atoms with Crippen molar-refractivity contribution in [2.45, 2.75) is 6.42 Å². The fraction of sp³-hybridized carbons (Fsp3) is 0.0400.